The van der Waals surface area contributed by atoms with Gasteiger partial charge in [-0.3, -0.25) is 0 Å². The molecule has 0 amide bonds. The van der Waals surface area contributed by atoms with Crippen molar-refractivity contribution in [3.05, 3.63) is 24.3 Å². The number of rotatable bonds is 2. The molecule has 0 aromatic carbocycles. The highest BCUT2D eigenvalue weighted by Gasteiger charge is 2.14. The van der Waals surface area contributed by atoms with E-state index in [2.05, 4.69) is 13.0 Å². The maximum atomic E-state index is 10.4. The third-order valence-corrected chi connectivity index (χ3v) is 1.93. The van der Waals surface area contributed by atoms with Gasteiger partial charge in [-0.05, 0) is 12.3 Å². The summed E-state index contributed by atoms with van der Waals surface area (Å²) in [7, 11) is 0. The summed E-state index contributed by atoms with van der Waals surface area (Å²) in [5.74, 6) is 0.553. The van der Waals surface area contributed by atoms with E-state index in [4.69, 9.17) is 0 Å². The molecule has 1 nitrogen and oxygen atoms in total. The Morgan fingerprint density at radius 1 is 1.40 bits per heavy atom. The topological polar surface area (TPSA) is 17.1 Å². The second-order valence-electron chi connectivity index (χ2n) is 2.56. The summed E-state index contributed by atoms with van der Waals surface area (Å²) in [6.45, 7) is 2.10. The van der Waals surface area contributed by atoms with E-state index < -0.39 is 0 Å². The number of aldehydes is 1. The van der Waals surface area contributed by atoms with Crippen molar-refractivity contribution >= 4 is 6.29 Å². The molecule has 1 aliphatic carbocycles. The summed E-state index contributed by atoms with van der Waals surface area (Å²) in [5.41, 5.74) is 0. The largest absolute Gasteiger partial charge is 0.303 e. The van der Waals surface area contributed by atoms with Gasteiger partial charge in [-0.2, -0.15) is 0 Å². The van der Waals surface area contributed by atoms with Crippen LogP contribution in [0.25, 0.3) is 0 Å². The first-order chi connectivity index (χ1) is 4.88. The molecule has 0 aliphatic heterocycles. The van der Waals surface area contributed by atoms with Gasteiger partial charge in [0.25, 0.3) is 0 Å². The van der Waals surface area contributed by atoms with Gasteiger partial charge < -0.3 is 4.79 Å². The first-order valence-electron chi connectivity index (χ1n) is 3.68. The SMILES string of the molecule is CCC1C=CC=CC1C=O. The summed E-state index contributed by atoms with van der Waals surface area (Å²) in [5, 5.41) is 0. The van der Waals surface area contributed by atoms with E-state index in [0.717, 1.165) is 12.7 Å². The van der Waals surface area contributed by atoms with Crippen molar-refractivity contribution < 1.29 is 4.79 Å². The highest BCUT2D eigenvalue weighted by molar-refractivity contribution is 5.58. The molecule has 1 aliphatic rings. The van der Waals surface area contributed by atoms with Gasteiger partial charge in [0.05, 0.1) is 0 Å². The van der Waals surface area contributed by atoms with Gasteiger partial charge in [0.2, 0.25) is 0 Å². The van der Waals surface area contributed by atoms with Crippen LogP contribution in [0.1, 0.15) is 13.3 Å². The molecule has 0 saturated heterocycles. The second kappa shape index (κ2) is 3.35. The minimum atomic E-state index is 0.120. The first-order valence-corrected chi connectivity index (χ1v) is 3.68. The van der Waals surface area contributed by atoms with Gasteiger partial charge in [-0.1, -0.05) is 31.2 Å². The van der Waals surface area contributed by atoms with Gasteiger partial charge >= 0.3 is 0 Å². The molecule has 0 N–H and O–H groups in total. The van der Waals surface area contributed by atoms with Crippen LogP contribution < -0.4 is 0 Å². The van der Waals surface area contributed by atoms with E-state index in [-0.39, 0.29) is 5.92 Å². The van der Waals surface area contributed by atoms with Gasteiger partial charge in [0.1, 0.15) is 6.29 Å². The molecular weight excluding hydrogens is 124 g/mol. The van der Waals surface area contributed by atoms with Crippen LogP contribution in [0.2, 0.25) is 0 Å². The van der Waals surface area contributed by atoms with E-state index in [1.54, 1.807) is 0 Å². The average Bonchev–Trinajstić information content (AvgIpc) is 2.04. The smallest absolute Gasteiger partial charge is 0.127 e. The minimum Gasteiger partial charge on any atom is -0.303 e. The van der Waals surface area contributed by atoms with E-state index in [1.165, 1.54) is 0 Å². The van der Waals surface area contributed by atoms with Crippen LogP contribution in [0, 0.1) is 11.8 Å². The van der Waals surface area contributed by atoms with Crippen molar-refractivity contribution in [2.45, 2.75) is 13.3 Å². The van der Waals surface area contributed by atoms with Crippen molar-refractivity contribution in [3.63, 3.8) is 0 Å². The van der Waals surface area contributed by atoms with Gasteiger partial charge in [-0.15, -0.1) is 0 Å². The molecule has 54 valence electrons. The summed E-state index contributed by atoms with van der Waals surface area (Å²) in [4.78, 5) is 10.4. The molecule has 0 fully saturated rings. The van der Waals surface area contributed by atoms with Crippen LogP contribution in [-0.2, 0) is 4.79 Å². The number of carbonyl (C=O) groups excluding carboxylic acids is 1. The van der Waals surface area contributed by atoms with Crippen LogP contribution >= 0.6 is 0 Å². The van der Waals surface area contributed by atoms with Crippen molar-refractivity contribution in [3.8, 4) is 0 Å². The van der Waals surface area contributed by atoms with Gasteiger partial charge in [0, 0.05) is 5.92 Å². The number of carbonyl (C=O) groups is 1. The lowest BCUT2D eigenvalue weighted by Crippen LogP contribution is -2.12. The predicted molar refractivity (Wildman–Crippen MR) is 41.6 cm³/mol. The van der Waals surface area contributed by atoms with E-state index >= 15 is 0 Å². The lowest BCUT2D eigenvalue weighted by molar-refractivity contribution is -0.110. The van der Waals surface area contributed by atoms with Gasteiger partial charge in [0.15, 0.2) is 0 Å². The van der Waals surface area contributed by atoms with Crippen molar-refractivity contribution in [1.29, 1.82) is 0 Å². The van der Waals surface area contributed by atoms with Crippen LogP contribution in [0.5, 0.6) is 0 Å². The third-order valence-electron chi connectivity index (χ3n) is 1.93. The van der Waals surface area contributed by atoms with Crippen LogP contribution in [0.15, 0.2) is 24.3 Å². The fourth-order valence-electron chi connectivity index (χ4n) is 1.22. The standard InChI is InChI=1S/C9H12O/c1-2-8-5-3-4-6-9(8)7-10/h3-9H,2H2,1H3. The third kappa shape index (κ3) is 1.35. The van der Waals surface area contributed by atoms with E-state index in [9.17, 15) is 4.79 Å². The Hall–Kier alpha value is -0.850. The van der Waals surface area contributed by atoms with Crippen LogP contribution in [0.4, 0.5) is 0 Å². The fraction of sp³-hybridized carbons (Fsp3) is 0.444. The average molecular weight is 136 g/mol. The molecule has 0 aromatic heterocycles. The fourth-order valence-corrected chi connectivity index (χ4v) is 1.22. The molecule has 0 radical (unpaired) electrons. The quantitative estimate of drug-likeness (QED) is 0.530. The highest BCUT2D eigenvalue weighted by Crippen LogP contribution is 2.20. The number of allylic oxidation sites excluding steroid dienone is 4. The van der Waals surface area contributed by atoms with E-state index in [1.807, 2.05) is 18.2 Å². The summed E-state index contributed by atoms with van der Waals surface area (Å²) in [6, 6.07) is 0. The Balaban J connectivity index is 2.63. The van der Waals surface area contributed by atoms with Gasteiger partial charge in [-0.25, -0.2) is 0 Å². The zero-order valence-electron chi connectivity index (χ0n) is 6.16. The molecule has 1 rings (SSSR count). The molecule has 0 saturated carbocycles. The zero-order chi connectivity index (χ0) is 7.40. The van der Waals surface area contributed by atoms with E-state index in [0.29, 0.717) is 5.92 Å². The maximum absolute atomic E-state index is 10.4. The maximum Gasteiger partial charge on any atom is 0.127 e. The molecule has 0 spiro atoms. The molecule has 0 aromatic rings. The molecule has 2 atom stereocenters. The molecule has 2 unspecified atom stereocenters. The Bertz CT molecular complexity index is 168. The summed E-state index contributed by atoms with van der Waals surface area (Å²) >= 11 is 0. The van der Waals surface area contributed by atoms with Crippen molar-refractivity contribution in [2.24, 2.45) is 11.8 Å². The highest BCUT2D eigenvalue weighted by atomic mass is 16.1. The monoisotopic (exact) mass is 136 g/mol. The van der Waals surface area contributed by atoms with Crippen molar-refractivity contribution in [2.75, 3.05) is 0 Å². The lowest BCUT2D eigenvalue weighted by Gasteiger charge is -2.16. The minimum absolute atomic E-state index is 0.120. The lowest BCUT2D eigenvalue weighted by atomic mass is 9.88. The van der Waals surface area contributed by atoms with Crippen LogP contribution in [-0.4, -0.2) is 6.29 Å². The Morgan fingerprint density at radius 3 is 2.60 bits per heavy atom. The summed E-state index contributed by atoms with van der Waals surface area (Å²) in [6.07, 6.45) is 10.1. The molecule has 0 bridgehead atoms. The second-order valence-corrected chi connectivity index (χ2v) is 2.56. The molecular formula is C9H12O. The Labute approximate surface area is 61.4 Å². The molecule has 0 heterocycles. The molecule has 1 heteroatoms. The van der Waals surface area contributed by atoms with Crippen LogP contribution in [0.3, 0.4) is 0 Å². The molecule has 10 heavy (non-hydrogen) atoms. The Morgan fingerprint density at radius 2 is 2.10 bits per heavy atom. The first kappa shape index (κ1) is 7.26. The number of hydrogen-bond donors (Lipinski definition) is 0. The zero-order valence-corrected chi connectivity index (χ0v) is 6.16. The Kier molecular flexibility index (Phi) is 2.43. The normalized spacial score (nSPS) is 30.5. The predicted octanol–water partition coefficient (Wildman–Crippen LogP) is 1.95. The number of hydrogen-bond acceptors (Lipinski definition) is 1. The summed E-state index contributed by atoms with van der Waals surface area (Å²) < 4.78 is 0. The van der Waals surface area contributed by atoms with Crippen molar-refractivity contribution in [1.82, 2.24) is 0 Å².